The molecule has 0 aliphatic carbocycles. The first-order valence-electron chi connectivity index (χ1n) is 8.21. The number of hydrogen-bond acceptors (Lipinski definition) is 4. The fraction of sp³-hybridized carbons (Fsp3) is 0.444. The smallest absolute Gasteiger partial charge is 0.226 e. The molecular weight excluding hydrogens is 326 g/mol. The van der Waals surface area contributed by atoms with Gasteiger partial charge in [-0.2, -0.15) is 0 Å². The van der Waals surface area contributed by atoms with Gasteiger partial charge >= 0.3 is 0 Å². The molecule has 0 spiro atoms. The van der Waals surface area contributed by atoms with E-state index in [1.54, 1.807) is 6.07 Å². The molecule has 1 heterocycles. The Labute approximate surface area is 148 Å². The summed E-state index contributed by atoms with van der Waals surface area (Å²) in [5, 5.41) is 7.58. The summed E-state index contributed by atoms with van der Waals surface area (Å²) in [4.78, 5) is 14.5. The van der Waals surface area contributed by atoms with Crippen LogP contribution >= 0.6 is 11.6 Å². The van der Waals surface area contributed by atoms with E-state index in [0.717, 1.165) is 18.7 Å². The van der Waals surface area contributed by atoms with E-state index in [-0.39, 0.29) is 18.4 Å². The molecule has 0 fully saturated rings. The molecule has 0 saturated carbocycles. The Morgan fingerprint density at radius 2 is 1.96 bits per heavy atom. The number of halogens is 1. The zero-order valence-corrected chi connectivity index (χ0v) is 15.1. The molecule has 1 amide bonds. The Balaban J connectivity index is 2.02. The van der Waals surface area contributed by atoms with E-state index in [1.807, 2.05) is 31.2 Å². The lowest BCUT2D eigenvalue weighted by Gasteiger charge is -2.30. The highest BCUT2D eigenvalue weighted by molar-refractivity contribution is 6.30. The lowest BCUT2D eigenvalue weighted by atomic mass is 10.0. The number of likely N-dealkylation sites (N-methyl/N-ethyl adjacent to an activating group) is 1. The third-order valence-corrected chi connectivity index (χ3v) is 4.27. The summed E-state index contributed by atoms with van der Waals surface area (Å²) in [5.41, 5.74) is 1.79. The Bertz CT molecular complexity index is 651. The van der Waals surface area contributed by atoms with Crippen molar-refractivity contribution >= 4 is 17.5 Å². The minimum Gasteiger partial charge on any atom is -0.361 e. The third-order valence-electron chi connectivity index (χ3n) is 4.02. The molecule has 2 aromatic rings. The van der Waals surface area contributed by atoms with Crippen molar-refractivity contribution in [1.29, 1.82) is 0 Å². The molecule has 1 aromatic carbocycles. The van der Waals surface area contributed by atoms with Crippen LogP contribution in [0.5, 0.6) is 0 Å². The third kappa shape index (κ3) is 5.08. The van der Waals surface area contributed by atoms with Crippen LogP contribution in [0.3, 0.4) is 0 Å². The van der Waals surface area contributed by atoms with Gasteiger partial charge in [-0.3, -0.25) is 9.69 Å². The molecule has 2 rings (SSSR count). The molecule has 130 valence electrons. The average Bonchev–Trinajstić information content (AvgIpc) is 2.97. The summed E-state index contributed by atoms with van der Waals surface area (Å²) >= 11 is 5.98. The molecule has 1 N–H and O–H groups in total. The number of aromatic nitrogens is 1. The molecule has 6 heteroatoms. The van der Waals surface area contributed by atoms with Gasteiger partial charge in [0.1, 0.15) is 5.76 Å². The Hall–Kier alpha value is -1.85. The molecule has 5 nitrogen and oxygen atoms in total. The van der Waals surface area contributed by atoms with E-state index in [9.17, 15) is 4.79 Å². The number of hydrogen-bond donors (Lipinski definition) is 1. The number of amides is 1. The molecule has 0 radical (unpaired) electrons. The van der Waals surface area contributed by atoms with Crippen molar-refractivity contribution in [3.63, 3.8) is 0 Å². The zero-order chi connectivity index (χ0) is 17.5. The van der Waals surface area contributed by atoms with Crippen molar-refractivity contribution in [3.8, 4) is 0 Å². The van der Waals surface area contributed by atoms with Gasteiger partial charge in [0.2, 0.25) is 5.91 Å². The van der Waals surface area contributed by atoms with Gasteiger partial charge in [0.05, 0.1) is 18.2 Å². The second kappa shape index (κ2) is 8.85. The minimum atomic E-state index is -0.0607. The van der Waals surface area contributed by atoms with Gasteiger partial charge in [0, 0.05) is 17.6 Å². The molecule has 1 aromatic heterocycles. The molecule has 0 aliphatic heterocycles. The monoisotopic (exact) mass is 349 g/mol. The number of aryl methyl sites for hydroxylation is 1. The van der Waals surface area contributed by atoms with Crippen molar-refractivity contribution in [2.45, 2.75) is 33.2 Å². The number of carbonyl (C=O) groups excluding carboxylic acids is 1. The fourth-order valence-corrected chi connectivity index (χ4v) is 2.87. The van der Waals surface area contributed by atoms with Crippen LogP contribution in [0.4, 0.5) is 0 Å². The van der Waals surface area contributed by atoms with Gasteiger partial charge in [-0.1, -0.05) is 42.7 Å². The number of nitrogens with zero attached hydrogens (tertiary/aromatic N) is 2. The first-order valence-corrected chi connectivity index (χ1v) is 8.59. The van der Waals surface area contributed by atoms with Gasteiger partial charge in [0.25, 0.3) is 0 Å². The van der Waals surface area contributed by atoms with Crippen LogP contribution in [-0.4, -0.2) is 35.6 Å². The molecule has 1 unspecified atom stereocenters. The van der Waals surface area contributed by atoms with Crippen LogP contribution in [0, 0.1) is 6.92 Å². The summed E-state index contributed by atoms with van der Waals surface area (Å²) in [6.07, 6.45) is 0.225. The molecule has 0 aliphatic rings. The zero-order valence-electron chi connectivity index (χ0n) is 14.4. The lowest BCUT2D eigenvalue weighted by Crippen LogP contribution is -2.38. The summed E-state index contributed by atoms with van der Waals surface area (Å²) in [7, 11) is 0. The number of nitrogens with one attached hydrogen (secondary N) is 1. The van der Waals surface area contributed by atoms with Crippen LogP contribution in [0.25, 0.3) is 0 Å². The number of benzene rings is 1. The number of rotatable bonds is 8. The topological polar surface area (TPSA) is 58.4 Å². The van der Waals surface area contributed by atoms with E-state index in [0.29, 0.717) is 23.0 Å². The molecule has 1 atom stereocenters. The van der Waals surface area contributed by atoms with Gasteiger partial charge in [-0.15, -0.1) is 0 Å². The van der Waals surface area contributed by atoms with Crippen LogP contribution in [0.15, 0.2) is 34.9 Å². The molecule has 0 saturated heterocycles. The lowest BCUT2D eigenvalue weighted by molar-refractivity contribution is -0.120. The summed E-state index contributed by atoms with van der Waals surface area (Å²) < 4.78 is 4.99. The van der Waals surface area contributed by atoms with Crippen molar-refractivity contribution in [2.24, 2.45) is 0 Å². The van der Waals surface area contributed by atoms with Crippen molar-refractivity contribution in [2.75, 3.05) is 19.6 Å². The van der Waals surface area contributed by atoms with Gasteiger partial charge in [-0.05, 0) is 37.7 Å². The Morgan fingerprint density at radius 3 is 2.50 bits per heavy atom. The van der Waals surface area contributed by atoms with E-state index in [2.05, 4.69) is 29.2 Å². The first kappa shape index (κ1) is 18.5. The molecular formula is C18H24ClN3O2. The Morgan fingerprint density at radius 1 is 1.29 bits per heavy atom. The van der Waals surface area contributed by atoms with E-state index < -0.39 is 0 Å². The van der Waals surface area contributed by atoms with E-state index in [4.69, 9.17) is 16.1 Å². The van der Waals surface area contributed by atoms with Crippen LogP contribution in [-0.2, 0) is 11.2 Å². The Kier molecular flexibility index (Phi) is 6.82. The predicted molar refractivity (Wildman–Crippen MR) is 95.1 cm³/mol. The fourth-order valence-electron chi connectivity index (χ4n) is 2.75. The highest BCUT2D eigenvalue weighted by Gasteiger charge is 2.19. The largest absolute Gasteiger partial charge is 0.361 e. The highest BCUT2D eigenvalue weighted by Crippen LogP contribution is 2.21. The number of carbonyl (C=O) groups is 1. The van der Waals surface area contributed by atoms with Crippen LogP contribution in [0.1, 0.15) is 36.9 Å². The standard InChI is InChI=1S/C18H24ClN3O2/c1-4-22(5-2)17(14-6-8-15(19)9-7-14)12-20-18(23)11-16-10-13(3)24-21-16/h6-10,17H,4-5,11-12H2,1-3H3,(H,20,23). The maximum absolute atomic E-state index is 12.2. The second-order valence-electron chi connectivity index (χ2n) is 5.70. The van der Waals surface area contributed by atoms with E-state index in [1.165, 1.54) is 0 Å². The second-order valence-corrected chi connectivity index (χ2v) is 6.13. The normalized spacial score (nSPS) is 12.4. The minimum absolute atomic E-state index is 0.0607. The maximum atomic E-state index is 12.2. The quantitative estimate of drug-likeness (QED) is 0.793. The molecule has 24 heavy (non-hydrogen) atoms. The SMILES string of the molecule is CCN(CC)C(CNC(=O)Cc1cc(C)on1)c1ccc(Cl)cc1. The van der Waals surface area contributed by atoms with Gasteiger partial charge < -0.3 is 9.84 Å². The average molecular weight is 350 g/mol. The first-order chi connectivity index (χ1) is 11.5. The predicted octanol–water partition coefficient (Wildman–Crippen LogP) is 3.38. The van der Waals surface area contributed by atoms with Crippen molar-refractivity contribution in [1.82, 2.24) is 15.4 Å². The molecule has 0 bridgehead atoms. The van der Waals surface area contributed by atoms with Gasteiger partial charge in [0.15, 0.2) is 0 Å². The summed E-state index contributed by atoms with van der Waals surface area (Å²) in [6.45, 7) is 8.40. The van der Waals surface area contributed by atoms with Crippen molar-refractivity contribution in [3.05, 3.63) is 52.4 Å². The summed E-state index contributed by atoms with van der Waals surface area (Å²) in [5.74, 6) is 0.648. The van der Waals surface area contributed by atoms with Crippen LogP contribution < -0.4 is 5.32 Å². The van der Waals surface area contributed by atoms with E-state index >= 15 is 0 Å². The maximum Gasteiger partial charge on any atom is 0.226 e. The van der Waals surface area contributed by atoms with Gasteiger partial charge in [-0.25, -0.2) is 0 Å². The van der Waals surface area contributed by atoms with Crippen molar-refractivity contribution < 1.29 is 9.32 Å². The highest BCUT2D eigenvalue weighted by atomic mass is 35.5. The summed E-state index contributed by atoms with van der Waals surface area (Å²) in [6, 6.07) is 9.68. The van der Waals surface area contributed by atoms with Crippen LogP contribution in [0.2, 0.25) is 5.02 Å².